The first-order valence-electron chi connectivity index (χ1n) is 23.2. The number of aliphatic hydroxyl groups is 2. The Hall–Kier alpha value is -8.06. The Balaban J connectivity index is 0.000000201. The second-order valence-electron chi connectivity index (χ2n) is 16.8. The summed E-state index contributed by atoms with van der Waals surface area (Å²) in [5.74, 6) is -5.37. The summed E-state index contributed by atoms with van der Waals surface area (Å²) in [7, 11) is 0. The maximum Gasteiger partial charge on any atom is 0.374 e. The van der Waals surface area contributed by atoms with Crippen molar-refractivity contribution in [3.8, 4) is 44.8 Å². The van der Waals surface area contributed by atoms with E-state index in [9.17, 15) is 38.2 Å². The van der Waals surface area contributed by atoms with Crippen molar-refractivity contribution in [2.24, 2.45) is 5.73 Å². The molecule has 0 fully saturated rings. The molecule has 0 aliphatic carbocycles. The number of carbonyl (C=O) groups is 4. The van der Waals surface area contributed by atoms with Gasteiger partial charge in [0.2, 0.25) is 11.5 Å². The largest absolute Gasteiger partial charge is 0.479 e. The zero-order chi connectivity index (χ0) is 54.0. The van der Waals surface area contributed by atoms with E-state index in [1.165, 1.54) is 48.5 Å². The maximum atomic E-state index is 14.0. The van der Waals surface area contributed by atoms with Gasteiger partial charge in [-0.1, -0.05) is 131 Å². The zero-order valence-corrected chi connectivity index (χ0v) is 41.5. The summed E-state index contributed by atoms with van der Waals surface area (Å²) in [5.41, 5.74) is 12.6. The summed E-state index contributed by atoms with van der Waals surface area (Å²) in [6.07, 6.45) is -2.08. The number of hydrogen-bond donors (Lipinski definition) is 6. The molecule has 0 aliphatic heterocycles. The standard InChI is InChI=1S/C27H22ClFN2O5.C19H22ClNO3.C10H6FNO3/c28-19-5-3-4-18(13-19)17-10-8-16(9-11-17)12-20(14-24(32)27(34)35)30-26(33)25-15-23(31-36-25)21-6-1-2-7-22(21)29;1-2-24-19(23)18(22)12-17(21)10-13-6-8-14(9-7-13)15-4-3-5-16(20)11-15;11-7-4-2-1-3-6(7)8-5-9(10(13)14)15-12-8/h1-11,13,15,20,24,32H,12,14H2,(H,30,33)(H,34,35);3-9,11,17-18,22H,2,10,12,21H2,1H3;1-5H,(H,13,14)/t20-,24-;17-,18-;/m11./s1. The molecule has 6 aromatic carbocycles. The van der Waals surface area contributed by atoms with E-state index >= 15 is 0 Å². The third-order valence-corrected chi connectivity index (χ3v) is 11.6. The molecule has 7 N–H and O–H groups in total. The lowest BCUT2D eigenvalue weighted by atomic mass is 9.97. The van der Waals surface area contributed by atoms with Gasteiger partial charge in [0.05, 0.1) is 6.61 Å². The Morgan fingerprint density at radius 2 is 1.09 bits per heavy atom. The number of aromatic carboxylic acids is 1. The molecular formula is C56H50Cl2F2N4O11. The van der Waals surface area contributed by atoms with Gasteiger partial charge in [0.25, 0.3) is 5.91 Å². The molecule has 0 saturated carbocycles. The number of benzene rings is 6. The van der Waals surface area contributed by atoms with Crippen molar-refractivity contribution in [3.05, 3.63) is 202 Å². The number of rotatable bonds is 18. The topological polar surface area (TPSA) is 249 Å². The summed E-state index contributed by atoms with van der Waals surface area (Å²) in [6, 6.07) is 43.9. The van der Waals surface area contributed by atoms with Crippen LogP contribution in [-0.4, -0.2) is 85.5 Å². The van der Waals surface area contributed by atoms with Gasteiger partial charge < -0.3 is 45.3 Å². The number of esters is 1. The average molecular weight is 1060 g/mol. The number of nitrogens with one attached hydrogen (secondary N) is 1. The number of ether oxygens (including phenoxy) is 1. The first-order valence-corrected chi connectivity index (χ1v) is 23.9. The van der Waals surface area contributed by atoms with E-state index in [4.69, 9.17) is 48.4 Å². The van der Waals surface area contributed by atoms with Crippen LogP contribution < -0.4 is 11.1 Å². The molecule has 75 heavy (non-hydrogen) atoms. The van der Waals surface area contributed by atoms with E-state index in [1.807, 2.05) is 91.0 Å². The molecule has 15 nitrogen and oxygen atoms in total. The van der Waals surface area contributed by atoms with Crippen molar-refractivity contribution in [1.82, 2.24) is 15.6 Å². The highest BCUT2D eigenvalue weighted by Crippen LogP contribution is 2.27. The van der Waals surface area contributed by atoms with Crippen LogP contribution in [0.2, 0.25) is 10.0 Å². The van der Waals surface area contributed by atoms with Gasteiger partial charge in [0.15, 0.2) is 12.2 Å². The van der Waals surface area contributed by atoms with Crippen molar-refractivity contribution in [2.75, 3.05) is 6.61 Å². The van der Waals surface area contributed by atoms with Crippen LogP contribution in [0, 0.1) is 11.6 Å². The number of carbonyl (C=O) groups excluding carboxylic acids is 2. The summed E-state index contributed by atoms with van der Waals surface area (Å²) in [4.78, 5) is 46.0. The number of aliphatic carboxylic acids is 1. The Kier molecular flexibility index (Phi) is 20.5. The van der Waals surface area contributed by atoms with E-state index in [0.29, 0.717) is 16.5 Å². The van der Waals surface area contributed by atoms with Crippen molar-refractivity contribution < 1.29 is 62.2 Å². The van der Waals surface area contributed by atoms with E-state index in [2.05, 4.69) is 20.2 Å². The van der Waals surface area contributed by atoms with Crippen molar-refractivity contribution in [3.63, 3.8) is 0 Å². The van der Waals surface area contributed by atoms with Crippen molar-refractivity contribution in [2.45, 2.75) is 56.9 Å². The smallest absolute Gasteiger partial charge is 0.374 e. The quantitative estimate of drug-likeness (QED) is 0.0438. The van der Waals surface area contributed by atoms with Crippen LogP contribution in [0.4, 0.5) is 8.78 Å². The summed E-state index contributed by atoms with van der Waals surface area (Å²) < 4.78 is 41.7. The molecule has 0 saturated heterocycles. The highest BCUT2D eigenvalue weighted by Gasteiger charge is 2.25. The number of nitrogens with zero attached hydrogens (tertiary/aromatic N) is 2. The third-order valence-electron chi connectivity index (χ3n) is 11.2. The number of amides is 1. The van der Waals surface area contributed by atoms with Gasteiger partial charge in [-0.3, -0.25) is 4.79 Å². The first kappa shape index (κ1) is 56.2. The predicted molar refractivity (Wildman–Crippen MR) is 277 cm³/mol. The number of aromatic nitrogens is 2. The van der Waals surface area contributed by atoms with E-state index < -0.39 is 53.7 Å². The van der Waals surface area contributed by atoms with Crippen LogP contribution in [0.3, 0.4) is 0 Å². The second kappa shape index (κ2) is 27.3. The average Bonchev–Trinajstić information content (AvgIpc) is 4.10. The summed E-state index contributed by atoms with van der Waals surface area (Å²) in [5, 5.41) is 48.7. The number of halogens is 4. The minimum absolute atomic E-state index is 0.150. The van der Waals surface area contributed by atoms with E-state index in [1.54, 1.807) is 25.1 Å². The lowest BCUT2D eigenvalue weighted by Crippen LogP contribution is -2.40. The van der Waals surface area contributed by atoms with Gasteiger partial charge in [-0.15, -0.1) is 0 Å². The van der Waals surface area contributed by atoms with Crippen LogP contribution in [-0.2, 0) is 27.2 Å². The third kappa shape index (κ3) is 16.7. The fourth-order valence-electron chi connectivity index (χ4n) is 7.46. The van der Waals surface area contributed by atoms with Gasteiger partial charge in [-0.25, -0.2) is 23.2 Å². The Labute approximate surface area is 439 Å². The molecule has 0 radical (unpaired) electrons. The molecule has 2 heterocycles. The lowest BCUT2D eigenvalue weighted by molar-refractivity contribution is -0.153. The molecule has 388 valence electrons. The van der Waals surface area contributed by atoms with Crippen LogP contribution in [0.5, 0.6) is 0 Å². The number of nitrogens with two attached hydrogens (primary N) is 1. The SMILES string of the molecule is CCOC(=O)[C@H](O)C[C@H](N)Cc1ccc(-c2cccc(Cl)c2)cc1.O=C(N[C@H](Cc1ccc(-c2cccc(Cl)c2)cc1)C[C@@H](O)C(=O)O)c1cc(-c2ccccc2F)no1.O=C(O)c1cc(-c2ccccc2F)no1. The fourth-order valence-corrected chi connectivity index (χ4v) is 7.85. The van der Waals surface area contributed by atoms with Crippen LogP contribution >= 0.6 is 23.2 Å². The number of carboxylic acid groups (broad SMARTS) is 2. The number of carboxylic acids is 2. The van der Waals surface area contributed by atoms with Crippen LogP contribution in [0.1, 0.15) is 52.0 Å². The van der Waals surface area contributed by atoms with Crippen LogP contribution in [0.25, 0.3) is 44.8 Å². The molecule has 0 bridgehead atoms. The van der Waals surface area contributed by atoms with E-state index in [0.717, 1.165) is 33.4 Å². The fraction of sp³-hybridized carbons (Fsp3) is 0.179. The minimum atomic E-state index is -1.68. The normalized spacial score (nSPS) is 12.4. The molecular weight excluding hydrogens is 1010 g/mol. The molecule has 19 heteroatoms. The maximum absolute atomic E-state index is 14.0. The molecule has 8 aromatic rings. The monoisotopic (exact) mass is 1060 g/mol. The van der Waals surface area contributed by atoms with Gasteiger partial charge in [0.1, 0.15) is 23.0 Å². The lowest BCUT2D eigenvalue weighted by Gasteiger charge is -2.20. The molecule has 0 spiro atoms. The summed E-state index contributed by atoms with van der Waals surface area (Å²) >= 11 is 12.1. The molecule has 8 rings (SSSR count). The molecule has 2 aromatic heterocycles. The van der Waals surface area contributed by atoms with E-state index in [-0.39, 0.29) is 65.9 Å². The Morgan fingerprint density at radius 1 is 0.613 bits per heavy atom. The minimum Gasteiger partial charge on any atom is -0.479 e. The second-order valence-corrected chi connectivity index (χ2v) is 17.6. The summed E-state index contributed by atoms with van der Waals surface area (Å²) in [6.45, 7) is 1.95. The van der Waals surface area contributed by atoms with Crippen molar-refractivity contribution in [1.29, 1.82) is 0 Å². The Bertz CT molecular complexity index is 3190. The number of hydrogen-bond acceptors (Lipinski definition) is 12. The molecule has 1 amide bonds. The zero-order valence-electron chi connectivity index (χ0n) is 40.0. The van der Waals surface area contributed by atoms with Gasteiger partial charge in [0, 0.05) is 51.8 Å². The van der Waals surface area contributed by atoms with Gasteiger partial charge in [-0.2, -0.15) is 0 Å². The number of aliphatic hydroxyl groups excluding tert-OH is 2. The highest BCUT2D eigenvalue weighted by molar-refractivity contribution is 6.31. The van der Waals surface area contributed by atoms with Crippen LogP contribution in [0.15, 0.2) is 167 Å². The highest BCUT2D eigenvalue weighted by atomic mass is 35.5. The molecule has 0 aliphatic rings. The molecule has 4 atom stereocenters. The predicted octanol–water partition coefficient (Wildman–Crippen LogP) is 10.3. The molecule has 0 unspecified atom stereocenters. The van der Waals surface area contributed by atoms with Gasteiger partial charge in [-0.05, 0) is 108 Å². The Morgan fingerprint density at radius 3 is 1.55 bits per heavy atom. The van der Waals surface area contributed by atoms with Gasteiger partial charge >= 0.3 is 17.9 Å². The van der Waals surface area contributed by atoms with Crippen molar-refractivity contribution >= 4 is 47.0 Å². The first-order chi connectivity index (χ1) is 36.0.